The molecule has 0 rings (SSSR count). The van der Waals surface area contributed by atoms with E-state index >= 15 is 0 Å². The molecule has 2 heteroatoms. The van der Waals surface area contributed by atoms with E-state index in [1.807, 2.05) is 14.1 Å². The average molecular weight is 357 g/mol. The zero-order valence-corrected chi connectivity index (χ0v) is 18.6. The lowest BCUT2D eigenvalue weighted by atomic mass is 10.0. The lowest BCUT2D eigenvalue weighted by molar-refractivity contribution is 0.502. The average Bonchev–Trinajstić information content (AvgIpc) is 2.58. The van der Waals surface area contributed by atoms with Crippen molar-refractivity contribution >= 4 is 0 Å². The summed E-state index contributed by atoms with van der Waals surface area (Å²) in [4.78, 5) is 0. The maximum Gasteiger partial charge on any atom is -0.00489 e. The molecule has 0 amide bonds. The van der Waals surface area contributed by atoms with Crippen LogP contribution in [0.5, 0.6) is 0 Å². The minimum atomic E-state index is 0.896. The van der Waals surface area contributed by atoms with Crippen molar-refractivity contribution < 1.29 is 0 Å². The molecule has 0 saturated heterocycles. The van der Waals surface area contributed by atoms with Crippen molar-refractivity contribution in [1.29, 1.82) is 0 Å². The van der Waals surface area contributed by atoms with E-state index in [4.69, 9.17) is 0 Å². The van der Waals surface area contributed by atoms with E-state index < -0.39 is 0 Å². The van der Waals surface area contributed by atoms with Gasteiger partial charge in [0, 0.05) is 0 Å². The predicted molar refractivity (Wildman–Crippen MR) is 118 cm³/mol. The normalized spacial score (nSPS) is 10.8. The second-order valence-electron chi connectivity index (χ2n) is 8.03. The van der Waals surface area contributed by atoms with Gasteiger partial charge in [-0.25, -0.2) is 0 Å². The van der Waals surface area contributed by atoms with Crippen molar-refractivity contribution in [3.63, 3.8) is 0 Å². The molecule has 0 aromatic carbocycles. The molecule has 0 spiro atoms. The summed E-state index contributed by atoms with van der Waals surface area (Å²) in [6.45, 7) is 9.33. The first-order valence-electron chi connectivity index (χ1n) is 11.5. The van der Waals surface area contributed by atoms with Gasteiger partial charge in [-0.05, 0) is 45.9 Å². The van der Waals surface area contributed by atoms with Gasteiger partial charge >= 0.3 is 0 Å². The summed E-state index contributed by atoms with van der Waals surface area (Å²) < 4.78 is 0. The Kier molecular flexibility index (Phi) is 28.4. The highest BCUT2D eigenvalue weighted by Gasteiger charge is 1.96. The number of nitrogens with one attached hydrogen (secondary N) is 2. The van der Waals surface area contributed by atoms with Crippen LogP contribution in [0.4, 0.5) is 0 Å². The van der Waals surface area contributed by atoms with Crippen molar-refractivity contribution in [2.45, 2.75) is 117 Å². The fraction of sp³-hybridized carbons (Fsp3) is 1.00. The third kappa shape index (κ3) is 32.1. The van der Waals surface area contributed by atoms with Crippen LogP contribution in [0.3, 0.4) is 0 Å². The number of hydrogen-bond acceptors (Lipinski definition) is 2. The molecule has 25 heavy (non-hydrogen) atoms. The lowest BCUT2D eigenvalue weighted by Crippen LogP contribution is -2.15. The Labute approximate surface area is 161 Å². The smallest absolute Gasteiger partial charge is 0.00489 e. The Balaban J connectivity index is 0. The van der Waals surface area contributed by atoms with Gasteiger partial charge in [0.2, 0.25) is 0 Å². The SMILES string of the molecule is CCCNCCCCCCCCCCCCCCCC(C)C.CNC. The van der Waals surface area contributed by atoms with Gasteiger partial charge in [-0.1, -0.05) is 104 Å². The maximum atomic E-state index is 3.48. The van der Waals surface area contributed by atoms with Crippen LogP contribution in [0.25, 0.3) is 0 Å². The van der Waals surface area contributed by atoms with Gasteiger partial charge in [0.25, 0.3) is 0 Å². The zero-order chi connectivity index (χ0) is 19.0. The highest BCUT2D eigenvalue weighted by atomic mass is 14.8. The van der Waals surface area contributed by atoms with Crippen LogP contribution >= 0.6 is 0 Å². The first-order chi connectivity index (χ1) is 12.2. The van der Waals surface area contributed by atoms with Gasteiger partial charge in [-0.2, -0.15) is 0 Å². The molecule has 0 fully saturated rings. The second-order valence-corrected chi connectivity index (χ2v) is 8.03. The van der Waals surface area contributed by atoms with E-state index in [9.17, 15) is 0 Å². The number of unbranched alkanes of at least 4 members (excludes halogenated alkanes) is 12. The van der Waals surface area contributed by atoms with E-state index in [2.05, 4.69) is 31.4 Å². The van der Waals surface area contributed by atoms with E-state index in [0.717, 1.165) is 5.92 Å². The van der Waals surface area contributed by atoms with Gasteiger partial charge in [0.1, 0.15) is 0 Å². The largest absolute Gasteiger partial charge is 0.323 e. The lowest BCUT2D eigenvalue weighted by Gasteiger charge is -2.05. The third-order valence-corrected chi connectivity index (χ3v) is 4.56. The van der Waals surface area contributed by atoms with Crippen molar-refractivity contribution in [1.82, 2.24) is 10.6 Å². The Morgan fingerprint density at radius 1 is 0.560 bits per heavy atom. The molecular weight excluding hydrogens is 304 g/mol. The van der Waals surface area contributed by atoms with Crippen LogP contribution in [0.2, 0.25) is 0 Å². The summed E-state index contributed by atoms with van der Waals surface area (Å²) in [5, 5.41) is 6.23. The van der Waals surface area contributed by atoms with E-state index in [1.165, 1.54) is 109 Å². The van der Waals surface area contributed by atoms with E-state index in [0.29, 0.717) is 0 Å². The van der Waals surface area contributed by atoms with Crippen LogP contribution in [-0.2, 0) is 0 Å². The van der Waals surface area contributed by atoms with E-state index in [-0.39, 0.29) is 0 Å². The molecular formula is C23H52N2. The van der Waals surface area contributed by atoms with Crippen molar-refractivity contribution in [2.75, 3.05) is 27.2 Å². The Bertz CT molecular complexity index is 204. The molecule has 0 aromatic heterocycles. The van der Waals surface area contributed by atoms with Crippen LogP contribution in [0.15, 0.2) is 0 Å². The minimum Gasteiger partial charge on any atom is -0.323 e. The van der Waals surface area contributed by atoms with Crippen molar-refractivity contribution in [3.05, 3.63) is 0 Å². The molecule has 0 atom stereocenters. The summed E-state index contributed by atoms with van der Waals surface area (Å²) in [6, 6.07) is 0. The second kappa shape index (κ2) is 26.2. The van der Waals surface area contributed by atoms with Crippen LogP contribution in [0, 0.1) is 5.92 Å². The van der Waals surface area contributed by atoms with Gasteiger partial charge in [0.15, 0.2) is 0 Å². The summed E-state index contributed by atoms with van der Waals surface area (Å²) >= 11 is 0. The highest BCUT2D eigenvalue weighted by Crippen LogP contribution is 2.14. The quantitative estimate of drug-likeness (QED) is 0.260. The highest BCUT2D eigenvalue weighted by molar-refractivity contribution is 4.51. The maximum absolute atomic E-state index is 3.48. The van der Waals surface area contributed by atoms with Gasteiger partial charge in [0.05, 0.1) is 0 Å². The number of rotatable bonds is 18. The molecule has 154 valence electrons. The molecule has 0 aliphatic carbocycles. The molecule has 2 N–H and O–H groups in total. The summed E-state index contributed by atoms with van der Waals surface area (Å²) in [6.07, 6.45) is 21.6. The first-order valence-corrected chi connectivity index (χ1v) is 11.5. The molecule has 0 saturated carbocycles. The monoisotopic (exact) mass is 356 g/mol. The standard InChI is InChI=1S/C21H45N.C2H7N/c1-4-19-22-20-17-15-13-11-9-7-5-6-8-10-12-14-16-18-21(2)3;1-3-2/h21-22H,4-20H2,1-3H3;3H,1-2H3. The van der Waals surface area contributed by atoms with Gasteiger partial charge in [-0.3, -0.25) is 0 Å². The van der Waals surface area contributed by atoms with Crippen LogP contribution < -0.4 is 10.6 Å². The molecule has 2 nitrogen and oxygen atoms in total. The Morgan fingerprint density at radius 3 is 1.28 bits per heavy atom. The Hall–Kier alpha value is -0.0800. The molecule has 0 radical (unpaired) electrons. The van der Waals surface area contributed by atoms with Gasteiger partial charge < -0.3 is 10.6 Å². The van der Waals surface area contributed by atoms with Gasteiger partial charge in [-0.15, -0.1) is 0 Å². The zero-order valence-electron chi connectivity index (χ0n) is 18.6. The summed E-state index contributed by atoms with van der Waals surface area (Å²) in [5.74, 6) is 0.896. The molecule has 0 aliphatic rings. The topological polar surface area (TPSA) is 24.1 Å². The van der Waals surface area contributed by atoms with Crippen molar-refractivity contribution in [2.24, 2.45) is 5.92 Å². The Morgan fingerprint density at radius 2 is 0.920 bits per heavy atom. The summed E-state index contributed by atoms with van der Waals surface area (Å²) in [5.41, 5.74) is 0. The van der Waals surface area contributed by atoms with E-state index in [1.54, 1.807) is 0 Å². The van der Waals surface area contributed by atoms with Crippen LogP contribution in [-0.4, -0.2) is 27.2 Å². The molecule has 0 bridgehead atoms. The molecule has 0 unspecified atom stereocenters. The fourth-order valence-corrected chi connectivity index (χ4v) is 3.05. The third-order valence-electron chi connectivity index (χ3n) is 4.56. The van der Waals surface area contributed by atoms with Crippen LogP contribution in [0.1, 0.15) is 117 Å². The summed E-state index contributed by atoms with van der Waals surface area (Å²) in [7, 11) is 3.75. The molecule has 0 aromatic rings. The minimum absolute atomic E-state index is 0.896. The van der Waals surface area contributed by atoms with Crippen molar-refractivity contribution in [3.8, 4) is 0 Å². The fourth-order valence-electron chi connectivity index (χ4n) is 3.05. The predicted octanol–water partition coefficient (Wildman–Crippen LogP) is 6.94. The number of hydrogen-bond donors (Lipinski definition) is 2. The molecule has 0 heterocycles. The molecule has 0 aliphatic heterocycles. The first kappa shape index (κ1) is 27.1.